The van der Waals surface area contributed by atoms with Gasteiger partial charge in [0.15, 0.2) is 0 Å². The normalized spacial score (nSPS) is 12.8. The molecule has 0 saturated heterocycles. The van der Waals surface area contributed by atoms with Crippen molar-refractivity contribution < 1.29 is 24.5 Å². The molecule has 3 N–H and O–H groups in total. The van der Waals surface area contributed by atoms with Crippen LogP contribution in [0.5, 0.6) is 0 Å². The molecule has 6 nitrogen and oxygen atoms in total. The minimum atomic E-state index is -0.676. The third-order valence-electron chi connectivity index (χ3n) is 13.4. The van der Waals surface area contributed by atoms with E-state index in [0.717, 1.165) is 83.5 Å². The highest BCUT2D eigenvalue weighted by Crippen LogP contribution is 2.17. The number of amides is 1. The zero-order chi connectivity index (χ0) is 47.9. The van der Waals surface area contributed by atoms with Crippen molar-refractivity contribution in [1.82, 2.24) is 5.32 Å². The summed E-state index contributed by atoms with van der Waals surface area (Å²) in [6.45, 7) is 4.88. The van der Waals surface area contributed by atoms with Crippen molar-refractivity contribution in [3.05, 3.63) is 36.5 Å². The van der Waals surface area contributed by atoms with Crippen molar-refractivity contribution in [1.29, 1.82) is 0 Å². The van der Waals surface area contributed by atoms with E-state index < -0.39 is 12.1 Å². The molecule has 0 aromatic rings. The van der Waals surface area contributed by atoms with E-state index in [-0.39, 0.29) is 18.5 Å². The Balaban J connectivity index is 3.50. The maximum Gasteiger partial charge on any atom is 0.305 e. The molecular weight excluding hydrogens is 815 g/mol. The number of aliphatic hydroxyl groups is 2. The Kier molecular flexibility index (Phi) is 54.1. The lowest BCUT2D eigenvalue weighted by atomic mass is 10.0. The minimum absolute atomic E-state index is 0.0265. The van der Waals surface area contributed by atoms with Gasteiger partial charge >= 0.3 is 5.97 Å². The molecule has 0 aromatic heterocycles. The molecule has 1 amide bonds. The van der Waals surface area contributed by atoms with Crippen LogP contribution in [0.25, 0.3) is 0 Å². The molecule has 0 aliphatic heterocycles. The maximum atomic E-state index is 12.5. The average molecular weight is 929 g/mol. The number of unbranched alkanes of at least 4 members (excludes halogenated alkanes) is 37. The van der Waals surface area contributed by atoms with Crippen molar-refractivity contribution in [3.8, 4) is 0 Å². The van der Waals surface area contributed by atoms with E-state index in [9.17, 15) is 19.8 Å². The first kappa shape index (κ1) is 64.1. The van der Waals surface area contributed by atoms with Crippen molar-refractivity contribution >= 4 is 11.9 Å². The van der Waals surface area contributed by atoms with Gasteiger partial charge in [-0.1, -0.05) is 249 Å². The van der Waals surface area contributed by atoms with Crippen LogP contribution in [0.15, 0.2) is 36.5 Å². The van der Waals surface area contributed by atoms with E-state index in [1.54, 1.807) is 0 Å². The molecule has 6 heteroatoms. The molecule has 0 aliphatic rings. The lowest BCUT2D eigenvalue weighted by Gasteiger charge is -2.22. The fourth-order valence-electron chi connectivity index (χ4n) is 8.89. The molecule has 2 atom stereocenters. The number of aliphatic hydroxyl groups excluding tert-OH is 2. The summed E-state index contributed by atoms with van der Waals surface area (Å²) < 4.78 is 5.43. The van der Waals surface area contributed by atoms with Gasteiger partial charge in [-0.25, -0.2) is 0 Å². The summed E-state index contributed by atoms with van der Waals surface area (Å²) >= 11 is 0. The smallest absolute Gasteiger partial charge is 0.305 e. The Morgan fingerprint density at radius 3 is 1.21 bits per heavy atom. The summed E-state index contributed by atoms with van der Waals surface area (Å²) in [5.41, 5.74) is 0. The van der Waals surface area contributed by atoms with E-state index in [2.05, 4.69) is 55.6 Å². The number of allylic oxidation sites excluding steroid dienone is 6. The van der Waals surface area contributed by atoms with Crippen LogP contribution < -0.4 is 5.32 Å². The number of hydrogen-bond acceptors (Lipinski definition) is 5. The zero-order valence-corrected chi connectivity index (χ0v) is 44.2. The molecule has 2 unspecified atom stereocenters. The van der Waals surface area contributed by atoms with E-state index in [4.69, 9.17) is 4.74 Å². The van der Waals surface area contributed by atoms with Gasteiger partial charge in [0.05, 0.1) is 25.4 Å². The molecule has 0 saturated carbocycles. The molecular formula is C60H113NO5. The van der Waals surface area contributed by atoms with Crippen LogP contribution in [0.1, 0.15) is 309 Å². The number of ether oxygens (including phenoxy) is 1. The van der Waals surface area contributed by atoms with Gasteiger partial charge in [0.25, 0.3) is 0 Å². The van der Waals surface area contributed by atoms with E-state index in [1.807, 2.05) is 0 Å². The highest BCUT2D eigenvalue weighted by Gasteiger charge is 2.20. The molecule has 0 radical (unpaired) electrons. The molecule has 0 fully saturated rings. The largest absolute Gasteiger partial charge is 0.466 e. The Bertz CT molecular complexity index is 1070. The predicted octanol–water partition coefficient (Wildman–Crippen LogP) is 18.0. The molecule has 0 aliphatic carbocycles. The molecule has 0 aromatic carbocycles. The first-order chi connectivity index (χ1) is 32.5. The van der Waals surface area contributed by atoms with Crippen molar-refractivity contribution in [2.75, 3.05) is 13.2 Å². The predicted molar refractivity (Wildman–Crippen MR) is 287 cm³/mol. The highest BCUT2D eigenvalue weighted by atomic mass is 16.5. The second-order valence-electron chi connectivity index (χ2n) is 20.0. The monoisotopic (exact) mass is 928 g/mol. The van der Waals surface area contributed by atoms with Crippen LogP contribution in [0.2, 0.25) is 0 Å². The molecule has 0 bridgehead atoms. The average Bonchev–Trinajstić information content (AvgIpc) is 3.32. The van der Waals surface area contributed by atoms with Gasteiger partial charge in [0.2, 0.25) is 5.91 Å². The lowest BCUT2D eigenvalue weighted by molar-refractivity contribution is -0.143. The summed E-state index contributed by atoms with van der Waals surface area (Å²) in [4.78, 5) is 24.5. The summed E-state index contributed by atoms with van der Waals surface area (Å²) in [6.07, 6.45) is 68.5. The number of esters is 1. The number of hydrogen-bond donors (Lipinski definition) is 3. The summed E-state index contributed by atoms with van der Waals surface area (Å²) in [5, 5.41) is 23.3. The number of nitrogens with one attached hydrogen (secondary N) is 1. The van der Waals surface area contributed by atoms with Gasteiger partial charge in [-0.2, -0.15) is 0 Å². The lowest BCUT2D eigenvalue weighted by Crippen LogP contribution is -2.45. The first-order valence-corrected chi connectivity index (χ1v) is 29.2. The fraction of sp³-hybridized carbons (Fsp3) is 0.867. The highest BCUT2D eigenvalue weighted by molar-refractivity contribution is 5.76. The first-order valence-electron chi connectivity index (χ1n) is 29.2. The van der Waals surface area contributed by atoms with Gasteiger partial charge < -0.3 is 20.3 Å². The third-order valence-corrected chi connectivity index (χ3v) is 13.4. The molecule has 0 heterocycles. The van der Waals surface area contributed by atoms with Gasteiger partial charge in [0, 0.05) is 12.8 Å². The quantitative estimate of drug-likeness (QED) is 0.0321. The SMILES string of the molecule is CCCC/C=C\CCCCCCCC(=O)OCCCCC/C=C\C/C=C\CCCCCCCCCC(=O)NC(CO)C(O)CCCCCCCCCCCCCCCCCCCCCCC. The van der Waals surface area contributed by atoms with E-state index in [1.165, 1.54) is 193 Å². The van der Waals surface area contributed by atoms with Crippen LogP contribution in [0, 0.1) is 0 Å². The van der Waals surface area contributed by atoms with Crippen molar-refractivity contribution in [2.45, 2.75) is 321 Å². The Labute approximate surface area is 411 Å². The standard InChI is InChI=1S/C60H113NO5/c1-3-5-7-9-11-13-15-16-17-18-19-20-21-23-26-29-33-36-40-44-48-52-58(63)57(56-62)61-59(64)53-49-45-41-37-34-30-27-24-22-25-28-31-35-39-43-47-51-55-66-60(65)54-50-46-42-38-32-14-12-10-8-6-4-2/h10,12,22,25,31,35,57-58,62-63H,3-9,11,13-21,23-24,26-30,32-34,36-56H2,1-2H3,(H,61,64)/b12-10-,25-22-,35-31-. The number of carbonyl (C=O) groups excluding carboxylic acids is 2. The van der Waals surface area contributed by atoms with Crippen LogP contribution in [0.4, 0.5) is 0 Å². The van der Waals surface area contributed by atoms with Crippen molar-refractivity contribution in [2.24, 2.45) is 0 Å². The van der Waals surface area contributed by atoms with Gasteiger partial charge in [-0.3, -0.25) is 9.59 Å². The maximum absolute atomic E-state index is 12.5. The van der Waals surface area contributed by atoms with Gasteiger partial charge in [-0.15, -0.1) is 0 Å². The molecule has 0 spiro atoms. The Morgan fingerprint density at radius 2 is 0.773 bits per heavy atom. The summed E-state index contributed by atoms with van der Waals surface area (Å²) in [6, 6.07) is -0.555. The van der Waals surface area contributed by atoms with Crippen molar-refractivity contribution in [3.63, 3.8) is 0 Å². The van der Waals surface area contributed by atoms with Crippen LogP contribution in [-0.4, -0.2) is 47.4 Å². The number of rotatable bonds is 54. The topological polar surface area (TPSA) is 95.9 Å². The van der Waals surface area contributed by atoms with Crippen LogP contribution in [0.3, 0.4) is 0 Å². The second-order valence-corrected chi connectivity index (χ2v) is 20.0. The van der Waals surface area contributed by atoms with Crippen LogP contribution >= 0.6 is 0 Å². The minimum Gasteiger partial charge on any atom is -0.466 e. The van der Waals surface area contributed by atoms with Crippen LogP contribution in [-0.2, 0) is 14.3 Å². The molecule has 66 heavy (non-hydrogen) atoms. The van der Waals surface area contributed by atoms with Gasteiger partial charge in [0.1, 0.15) is 0 Å². The van der Waals surface area contributed by atoms with Gasteiger partial charge in [-0.05, 0) is 83.5 Å². The summed E-state index contributed by atoms with van der Waals surface area (Å²) in [5.74, 6) is -0.0757. The van der Waals surface area contributed by atoms with E-state index >= 15 is 0 Å². The summed E-state index contributed by atoms with van der Waals surface area (Å²) in [7, 11) is 0. The Morgan fingerprint density at radius 1 is 0.424 bits per heavy atom. The third kappa shape index (κ3) is 51.5. The number of carbonyl (C=O) groups is 2. The molecule has 388 valence electrons. The second kappa shape index (κ2) is 55.7. The Hall–Kier alpha value is -1.92. The molecule has 0 rings (SSSR count). The van der Waals surface area contributed by atoms with E-state index in [0.29, 0.717) is 25.9 Å². The fourth-order valence-corrected chi connectivity index (χ4v) is 8.89. The zero-order valence-electron chi connectivity index (χ0n) is 44.2.